The van der Waals surface area contributed by atoms with Crippen LogP contribution in [-0.4, -0.2) is 17.7 Å². The SMILES string of the molecule is CCc1cccc(OCC(=O)O)c1CC. The van der Waals surface area contributed by atoms with Gasteiger partial charge in [-0.1, -0.05) is 26.0 Å². The fourth-order valence-corrected chi connectivity index (χ4v) is 1.62. The first-order chi connectivity index (χ1) is 7.19. The maximum atomic E-state index is 10.4. The van der Waals surface area contributed by atoms with Crippen molar-refractivity contribution in [1.82, 2.24) is 0 Å². The van der Waals surface area contributed by atoms with Crippen molar-refractivity contribution >= 4 is 5.97 Å². The lowest BCUT2D eigenvalue weighted by atomic mass is 10.0. The molecule has 0 atom stereocenters. The van der Waals surface area contributed by atoms with Crippen LogP contribution in [0.25, 0.3) is 0 Å². The summed E-state index contributed by atoms with van der Waals surface area (Å²) in [6.07, 6.45) is 1.80. The van der Waals surface area contributed by atoms with Gasteiger partial charge in [0.25, 0.3) is 0 Å². The van der Waals surface area contributed by atoms with E-state index in [9.17, 15) is 4.79 Å². The van der Waals surface area contributed by atoms with Crippen molar-refractivity contribution in [2.75, 3.05) is 6.61 Å². The van der Waals surface area contributed by atoms with Crippen molar-refractivity contribution in [3.63, 3.8) is 0 Å². The van der Waals surface area contributed by atoms with Gasteiger partial charge in [-0.2, -0.15) is 0 Å². The highest BCUT2D eigenvalue weighted by Crippen LogP contribution is 2.23. The van der Waals surface area contributed by atoms with Crippen molar-refractivity contribution in [3.8, 4) is 5.75 Å². The lowest BCUT2D eigenvalue weighted by Gasteiger charge is -2.12. The summed E-state index contributed by atoms with van der Waals surface area (Å²) < 4.78 is 5.23. The van der Waals surface area contributed by atoms with Gasteiger partial charge in [0.2, 0.25) is 0 Å². The van der Waals surface area contributed by atoms with Crippen molar-refractivity contribution < 1.29 is 14.6 Å². The highest BCUT2D eigenvalue weighted by atomic mass is 16.5. The molecule has 3 nitrogen and oxygen atoms in total. The molecule has 82 valence electrons. The van der Waals surface area contributed by atoms with E-state index in [1.54, 1.807) is 0 Å². The molecule has 1 N–H and O–H groups in total. The van der Waals surface area contributed by atoms with E-state index >= 15 is 0 Å². The number of hydrogen-bond donors (Lipinski definition) is 1. The molecule has 0 spiro atoms. The molecule has 1 rings (SSSR count). The van der Waals surface area contributed by atoms with E-state index in [0.717, 1.165) is 18.4 Å². The minimum Gasteiger partial charge on any atom is -0.482 e. The Kier molecular flexibility index (Phi) is 4.16. The third-order valence-corrected chi connectivity index (χ3v) is 2.32. The summed E-state index contributed by atoms with van der Waals surface area (Å²) in [5.41, 5.74) is 2.33. The molecule has 0 aliphatic rings. The second kappa shape index (κ2) is 5.39. The molecule has 0 aliphatic carbocycles. The van der Waals surface area contributed by atoms with Crippen molar-refractivity contribution in [2.24, 2.45) is 0 Å². The van der Waals surface area contributed by atoms with Gasteiger partial charge < -0.3 is 9.84 Å². The molecule has 0 amide bonds. The van der Waals surface area contributed by atoms with Crippen LogP contribution >= 0.6 is 0 Å². The van der Waals surface area contributed by atoms with E-state index in [2.05, 4.69) is 6.92 Å². The van der Waals surface area contributed by atoms with Crippen LogP contribution in [0, 0.1) is 0 Å². The number of aliphatic carboxylic acids is 1. The van der Waals surface area contributed by atoms with Gasteiger partial charge in [0.05, 0.1) is 0 Å². The average Bonchev–Trinajstić information content (AvgIpc) is 2.25. The maximum absolute atomic E-state index is 10.4. The Hall–Kier alpha value is -1.51. The van der Waals surface area contributed by atoms with Crippen LogP contribution in [0.5, 0.6) is 5.75 Å². The van der Waals surface area contributed by atoms with E-state index < -0.39 is 5.97 Å². The van der Waals surface area contributed by atoms with Crippen LogP contribution in [-0.2, 0) is 17.6 Å². The minimum absolute atomic E-state index is 0.278. The fourth-order valence-electron chi connectivity index (χ4n) is 1.62. The number of rotatable bonds is 5. The van der Waals surface area contributed by atoms with Crippen LogP contribution < -0.4 is 4.74 Å². The maximum Gasteiger partial charge on any atom is 0.341 e. The highest BCUT2D eigenvalue weighted by Gasteiger charge is 2.07. The van der Waals surface area contributed by atoms with Gasteiger partial charge in [0, 0.05) is 0 Å². The first-order valence-corrected chi connectivity index (χ1v) is 5.14. The summed E-state index contributed by atoms with van der Waals surface area (Å²) >= 11 is 0. The molecule has 0 saturated heterocycles. The van der Waals surface area contributed by atoms with Gasteiger partial charge >= 0.3 is 5.97 Å². The molecular formula is C12H16O3. The molecule has 0 fully saturated rings. The number of aryl methyl sites for hydroxylation is 1. The predicted octanol–water partition coefficient (Wildman–Crippen LogP) is 2.27. The second-order valence-corrected chi connectivity index (χ2v) is 3.28. The van der Waals surface area contributed by atoms with E-state index in [4.69, 9.17) is 9.84 Å². The summed E-state index contributed by atoms with van der Waals surface area (Å²) in [5.74, 6) is -0.252. The molecule has 3 heteroatoms. The topological polar surface area (TPSA) is 46.5 Å². The number of benzene rings is 1. The van der Waals surface area contributed by atoms with Crippen molar-refractivity contribution in [1.29, 1.82) is 0 Å². The van der Waals surface area contributed by atoms with Crippen molar-refractivity contribution in [2.45, 2.75) is 26.7 Å². The molecule has 0 heterocycles. The van der Waals surface area contributed by atoms with Crippen LogP contribution in [0.4, 0.5) is 0 Å². The summed E-state index contributed by atoms with van der Waals surface area (Å²) in [7, 11) is 0. The fraction of sp³-hybridized carbons (Fsp3) is 0.417. The third-order valence-electron chi connectivity index (χ3n) is 2.32. The molecule has 15 heavy (non-hydrogen) atoms. The lowest BCUT2D eigenvalue weighted by molar-refractivity contribution is -0.139. The van der Waals surface area contributed by atoms with Crippen LogP contribution in [0.2, 0.25) is 0 Å². The van der Waals surface area contributed by atoms with Gasteiger partial charge in [-0.25, -0.2) is 4.79 Å². The van der Waals surface area contributed by atoms with E-state index in [0.29, 0.717) is 5.75 Å². The first kappa shape index (κ1) is 11.6. The molecular weight excluding hydrogens is 192 g/mol. The summed E-state index contributed by atoms with van der Waals surface area (Å²) in [4.78, 5) is 10.4. The Labute approximate surface area is 89.7 Å². The summed E-state index contributed by atoms with van der Waals surface area (Å²) in [5, 5.41) is 8.54. The Morgan fingerprint density at radius 2 is 2.07 bits per heavy atom. The smallest absolute Gasteiger partial charge is 0.341 e. The number of ether oxygens (including phenoxy) is 1. The number of carboxylic acid groups (broad SMARTS) is 1. The standard InChI is InChI=1S/C12H16O3/c1-3-9-6-5-7-11(10(9)4-2)15-8-12(13)14/h5-7H,3-4,8H2,1-2H3,(H,13,14). The largest absolute Gasteiger partial charge is 0.482 e. The Morgan fingerprint density at radius 1 is 1.33 bits per heavy atom. The van der Waals surface area contributed by atoms with E-state index in [1.165, 1.54) is 5.56 Å². The van der Waals surface area contributed by atoms with Gasteiger partial charge in [0.15, 0.2) is 6.61 Å². The molecule has 0 saturated carbocycles. The average molecular weight is 208 g/mol. The Balaban J connectivity index is 2.90. The molecule has 1 aromatic rings. The van der Waals surface area contributed by atoms with Gasteiger partial charge in [-0.3, -0.25) is 0 Å². The first-order valence-electron chi connectivity index (χ1n) is 5.14. The van der Waals surface area contributed by atoms with Crippen LogP contribution in [0.1, 0.15) is 25.0 Å². The van der Waals surface area contributed by atoms with Gasteiger partial charge in [0.1, 0.15) is 5.75 Å². The zero-order valence-corrected chi connectivity index (χ0v) is 9.12. The lowest BCUT2D eigenvalue weighted by Crippen LogP contribution is -2.11. The summed E-state index contributed by atoms with van der Waals surface area (Å²) in [6, 6.07) is 5.77. The molecule has 0 aliphatic heterocycles. The minimum atomic E-state index is -0.945. The Bertz CT molecular complexity index is 345. The molecule has 0 radical (unpaired) electrons. The predicted molar refractivity (Wildman–Crippen MR) is 58.3 cm³/mol. The quantitative estimate of drug-likeness (QED) is 0.807. The van der Waals surface area contributed by atoms with Crippen LogP contribution in [0.15, 0.2) is 18.2 Å². The van der Waals surface area contributed by atoms with E-state index in [1.807, 2.05) is 25.1 Å². The van der Waals surface area contributed by atoms with Crippen LogP contribution in [0.3, 0.4) is 0 Å². The zero-order valence-electron chi connectivity index (χ0n) is 9.12. The van der Waals surface area contributed by atoms with Gasteiger partial charge in [-0.15, -0.1) is 0 Å². The zero-order chi connectivity index (χ0) is 11.3. The Morgan fingerprint density at radius 3 is 2.60 bits per heavy atom. The second-order valence-electron chi connectivity index (χ2n) is 3.28. The monoisotopic (exact) mass is 208 g/mol. The number of carbonyl (C=O) groups is 1. The molecule has 0 bridgehead atoms. The van der Waals surface area contributed by atoms with Crippen molar-refractivity contribution in [3.05, 3.63) is 29.3 Å². The third kappa shape index (κ3) is 2.98. The van der Waals surface area contributed by atoms with E-state index in [-0.39, 0.29) is 6.61 Å². The highest BCUT2D eigenvalue weighted by molar-refractivity contribution is 5.68. The number of hydrogen-bond acceptors (Lipinski definition) is 2. The normalized spacial score (nSPS) is 10.0. The molecule has 1 aromatic carbocycles. The molecule has 0 aromatic heterocycles. The molecule has 0 unspecified atom stereocenters. The van der Waals surface area contributed by atoms with Gasteiger partial charge in [-0.05, 0) is 30.0 Å². The number of carboxylic acids is 1. The summed E-state index contributed by atoms with van der Waals surface area (Å²) in [6.45, 7) is 3.84.